The predicted octanol–water partition coefficient (Wildman–Crippen LogP) is 3.68. The summed E-state index contributed by atoms with van der Waals surface area (Å²) in [7, 11) is 1.47. The topological polar surface area (TPSA) is 84.6 Å². The first-order chi connectivity index (χ1) is 10.0. The molecule has 0 amide bonds. The van der Waals surface area contributed by atoms with Crippen LogP contribution >= 0.6 is 15.9 Å². The standard InChI is InChI=1S/C14H13BrN2O4/c1-21-14-5-2-9(6-13(14)18)8-16-11-4-3-10(15)7-12(11)17(19)20/h2-7,16,18H,8H2,1H3. The molecule has 0 spiro atoms. The van der Waals surface area contributed by atoms with Crippen molar-refractivity contribution in [1.82, 2.24) is 0 Å². The van der Waals surface area contributed by atoms with Gasteiger partial charge in [-0.25, -0.2) is 0 Å². The average Bonchev–Trinajstić information content (AvgIpc) is 2.46. The first-order valence-corrected chi connectivity index (χ1v) is 6.84. The highest BCUT2D eigenvalue weighted by Gasteiger charge is 2.14. The van der Waals surface area contributed by atoms with Crippen molar-refractivity contribution in [3.05, 3.63) is 56.5 Å². The van der Waals surface area contributed by atoms with Crippen LogP contribution in [0.25, 0.3) is 0 Å². The van der Waals surface area contributed by atoms with Gasteiger partial charge in [0.05, 0.1) is 12.0 Å². The molecule has 6 nitrogen and oxygen atoms in total. The fourth-order valence-corrected chi connectivity index (χ4v) is 2.20. The Kier molecular flexibility index (Phi) is 4.64. The normalized spacial score (nSPS) is 10.2. The van der Waals surface area contributed by atoms with Gasteiger partial charge in [0, 0.05) is 17.1 Å². The number of phenols is 1. The summed E-state index contributed by atoms with van der Waals surface area (Å²) in [6.45, 7) is 0.347. The minimum atomic E-state index is -0.446. The largest absolute Gasteiger partial charge is 0.504 e. The Balaban J connectivity index is 2.16. The van der Waals surface area contributed by atoms with Crippen molar-refractivity contribution in [3.63, 3.8) is 0 Å². The predicted molar refractivity (Wildman–Crippen MR) is 82.8 cm³/mol. The molecular weight excluding hydrogens is 340 g/mol. The van der Waals surface area contributed by atoms with E-state index in [1.807, 2.05) is 0 Å². The summed E-state index contributed by atoms with van der Waals surface area (Å²) in [4.78, 5) is 10.6. The van der Waals surface area contributed by atoms with E-state index >= 15 is 0 Å². The van der Waals surface area contributed by atoms with Gasteiger partial charge in [-0.1, -0.05) is 22.0 Å². The van der Waals surface area contributed by atoms with Crippen LogP contribution < -0.4 is 10.1 Å². The van der Waals surface area contributed by atoms with E-state index < -0.39 is 4.92 Å². The van der Waals surface area contributed by atoms with Crippen molar-refractivity contribution < 1.29 is 14.8 Å². The minimum Gasteiger partial charge on any atom is -0.504 e. The Morgan fingerprint density at radius 2 is 2.10 bits per heavy atom. The molecule has 110 valence electrons. The van der Waals surface area contributed by atoms with Gasteiger partial charge in [0.1, 0.15) is 5.69 Å². The molecular formula is C14H13BrN2O4. The zero-order valence-electron chi connectivity index (χ0n) is 11.2. The van der Waals surface area contributed by atoms with Gasteiger partial charge in [-0.3, -0.25) is 10.1 Å². The van der Waals surface area contributed by atoms with E-state index in [0.717, 1.165) is 5.56 Å². The van der Waals surface area contributed by atoms with Crippen molar-refractivity contribution in [3.8, 4) is 11.5 Å². The van der Waals surface area contributed by atoms with Crippen molar-refractivity contribution in [2.24, 2.45) is 0 Å². The molecule has 0 saturated heterocycles. The van der Waals surface area contributed by atoms with Crippen LogP contribution in [-0.2, 0) is 6.54 Å². The number of anilines is 1. The SMILES string of the molecule is COc1ccc(CNc2ccc(Br)cc2[N+](=O)[O-])cc1O. The number of nitrogens with one attached hydrogen (secondary N) is 1. The van der Waals surface area contributed by atoms with Gasteiger partial charge in [-0.2, -0.15) is 0 Å². The van der Waals surface area contributed by atoms with Crippen molar-refractivity contribution in [1.29, 1.82) is 0 Å². The maximum atomic E-state index is 11.0. The van der Waals surface area contributed by atoms with Crippen LogP contribution in [0.5, 0.6) is 11.5 Å². The Bertz CT molecular complexity index is 676. The second-order valence-corrected chi connectivity index (χ2v) is 5.19. The summed E-state index contributed by atoms with van der Waals surface area (Å²) in [6.07, 6.45) is 0. The van der Waals surface area contributed by atoms with E-state index in [1.165, 1.54) is 13.2 Å². The molecule has 0 aliphatic heterocycles. The monoisotopic (exact) mass is 352 g/mol. The summed E-state index contributed by atoms with van der Waals surface area (Å²) >= 11 is 3.21. The fourth-order valence-electron chi connectivity index (χ4n) is 1.85. The molecule has 0 radical (unpaired) electrons. The lowest BCUT2D eigenvalue weighted by atomic mass is 10.2. The number of nitrogens with zero attached hydrogens (tertiary/aromatic N) is 1. The van der Waals surface area contributed by atoms with E-state index in [1.54, 1.807) is 30.3 Å². The van der Waals surface area contributed by atoms with Gasteiger partial charge in [0.15, 0.2) is 11.5 Å². The summed E-state index contributed by atoms with van der Waals surface area (Å²) in [6, 6.07) is 9.76. The van der Waals surface area contributed by atoms with Crippen molar-refractivity contribution in [2.45, 2.75) is 6.54 Å². The van der Waals surface area contributed by atoms with Gasteiger partial charge in [0.25, 0.3) is 5.69 Å². The van der Waals surface area contributed by atoms with Crippen molar-refractivity contribution in [2.75, 3.05) is 12.4 Å². The quantitative estimate of drug-likeness (QED) is 0.633. The Labute approximate surface area is 129 Å². The van der Waals surface area contributed by atoms with Crippen LogP contribution in [0, 0.1) is 10.1 Å². The highest BCUT2D eigenvalue weighted by atomic mass is 79.9. The molecule has 0 bridgehead atoms. The average molecular weight is 353 g/mol. The molecule has 0 atom stereocenters. The molecule has 0 saturated carbocycles. The number of methoxy groups -OCH3 is 1. The highest BCUT2D eigenvalue weighted by Crippen LogP contribution is 2.30. The third-order valence-electron chi connectivity index (χ3n) is 2.88. The van der Waals surface area contributed by atoms with Gasteiger partial charge in [-0.05, 0) is 29.8 Å². The second kappa shape index (κ2) is 6.45. The van der Waals surface area contributed by atoms with E-state index in [-0.39, 0.29) is 11.4 Å². The zero-order valence-corrected chi connectivity index (χ0v) is 12.8. The second-order valence-electron chi connectivity index (χ2n) is 4.28. The third kappa shape index (κ3) is 3.63. The summed E-state index contributed by atoms with van der Waals surface area (Å²) < 4.78 is 5.60. The van der Waals surface area contributed by atoms with E-state index in [0.29, 0.717) is 22.5 Å². The number of halogens is 1. The smallest absolute Gasteiger partial charge is 0.293 e. The number of nitro groups is 1. The van der Waals surface area contributed by atoms with Crippen LogP contribution in [0.4, 0.5) is 11.4 Å². The maximum absolute atomic E-state index is 11.0. The fraction of sp³-hybridized carbons (Fsp3) is 0.143. The summed E-state index contributed by atoms with van der Waals surface area (Å²) in [5.74, 6) is 0.412. The third-order valence-corrected chi connectivity index (χ3v) is 3.38. The van der Waals surface area contributed by atoms with Crippen LogP contribution in [0.3, 0.4) is 0 Å². The van der Waals surface area contributed by atoms with Crippen LogP contribution in [0.1, 0.15) is 5.56 Å². The molecule has 21 heavy (non-hydrogen) atoms. The zero-order chi connectivity index (χ0) is 15.4. The number of phenolic OH excluding ortho intramolecular Hbond substituents is 1. The number of ether oxygens (including phenoxy) is 1. The number of benzene rings is 2. The molecule has 2 rings (SSSR count). The minimum absolute atomic E-state index is 0.0119. The number of nitro benzene ring substituents is 1. The molecule has 0 aliphatic carbocycles. The summed E-state index contributed by atoms with van der Waals surface area (Å²) in [5, 5.41) is 23.7. The first kappa shape index (κ1) is 15.1. The molecule has 0 heterocycles. The maximum Gasteiger partial charge on any atom is 0.293 e. The van der Waals surface area contributed by atoms with Gasteiger partial charge < -0.3 is 15.2 Å². The van der Waals surface area contributed by atoms with E-state index in [9.17, 15) is 15.2 Å². The Hall–Kier alpha value is -2.28. The van der Waals surface area contributed by atoms with Gasteiger partial charge in [-0.15, -0.1) is 0 Å². The first-order valence-electron chi connectivity index (χ1n) is 6.05. The van der Waals surface area contributed by atoms with Gasteiger partial charge in [0.2, 0.25) is 0 Å². The van der Waals surface area contributed by atoms with Crippen LogP contribution in [0.15, 0.2) is 40.9 Å². The molecule has 0 fully saturated rings. The molecule has 2 aromatic rings. The molecule has 0 aromatic heterocycles. The van der Waals surface area contributed by atoms with Crippen LogP contribution in [-0.4, -0.2) is 17.1 Å². The molecule has 2 N–H and O–H groups in total. The number of aromatic hydroxyl groups is 1. The van der Waals surface area contributed by atoms with Crippen molar-refractivity contribution >= 4 is 27.3 Å². The highest BCUT2D eigenvalue weighted by molar-refractivity contribution is 9.10. The molecule has 0 unspecified atom stereocenters. The Morgan fingerprint density at radius 3 is 2.71 bits per heavy atom. The van der Waals surface area contributed by atoms with Crippen LogP contribution in [0.2, 0.25) is 0 Å². The van der Waals surface area contributed by atoms with E-state index in [2.05, 4.69) is 21.2 Å². The summed E-state index contributed by atoms with van der Waals surface area (Å²) in [5.41, 5.74) is 1.19. The molecule has 0 aliphatic rings. The lowest BCUT2D eigenvalue weighted by Gasteiger charge is -2.09. The molecule has 2 aromatic carbocycles. The molecule has 7 heteroatoms. The number of hydrogen-bond donors (Lipinski definition) is 2. The lowest BCUT2D eigenvalue weighted by Crippen LogP contribution is -2.02. The number of hydrogen-bond acceptors (Lipinski definition) is 5. The Morgan fingerprint density at radius 1 is 1.33 bits per heavy atom. The number of rotatable bonds is 5. The lowest BCUT2D eigenvalue weighted by molar-refractivity contribution is -0.384. The van der Waals surface area contributed by atoms with E-state index in [4.69, 9.17) is 4.74 Å². The van der Waals surface area contributed by atoms with Gasteiger partial charge >= 0.3 is 0 Å².